The quantitative estimate of drug-likeness (QED) is 0.604. The molecule has 1 aliphatic rings. The van der Waals surface area contributed by atoms with Crippen molar-refractivity contribution in [3.05, 3.63) is 76.6 Å². The molecule has 1 aromatic heterocycles. The average Bonchev–Trinajstić information content (AvgIpc) is 3.28. The SMILES string of the molecule is Cc1noc(C)c1CN(C(=O)C1CC(=O)N(c2cccc(Cl)c2)C1)c1ccccc1. The van der Waals surface area contributed by atoms with Gasteiger partial charge in [0.25, 0.3) is 0 Å². The van der Waals surface area contributed by atoms with Crippen LogP contribution in [0.2, 0.25) is 5.02 Å². The lowest BCUT2D eigenvalue weighted by Gasteiger charge is -2.26. The van der Waals surface area contributed by atoms with Crippen LogP contribution in [0.15, 0.2) is 59.1 Å². The van der Waals surface area contributed by atoms with Gasteiger partial charge in [0.05, 0.1) is 18.2 Å². The fraction of sp³-hybridized carbons (Fsp3) is 0.261. The Bertz CT molecular complexity index is 1060. The minimum atomic E-state index is -0.447. The van der Waals surface area contributed by atoms with Crippen LogP contribution in [0.1, 0.15) is 23.4 Å². The third kappa shape index (κ3) is 3.96. The molecule has 0 aliphatic carbocycles. The molecule has 1 atom stereocenters. The van der Waals surface area contributed by atoms with Gasteiger partial charge in [-0.1, -0.05) is 41.0 Å². The number of amides is 2. The zero-order valence-corrected chi connectivity index (χ0v) is 17.6. The van der Waals surface area contributed by atoms with Gasteiger partial charge in [0.15, 0.2) is 0 Å². The number of nitrogens with zero attached hydrogens (tertiary/aromatic N) is 3. The molecule has 0 spiro atoms. The second-order valence-corrected chi connectivity index (χ2v) is 7.88. The Kier molecular flexibility index (Phi) is 5.59. The maximum absolute atomic E-state index is 13.6. The Morgan fingerprint density at radius 2 is 1.97 bits per heavy atom. The first kappa shape index (κ1) is 20.2. The third-order valence-corrected chi connectivity index (χ3v) is 5.66. The van der Waals surface area contributed by atoms with Crippen molar-refractivity contribution in [1.29, 1.82) is 0 Å². The summed E-state index contributed by atoms with van der Waals surface area (Å²) < 4.78 is 5.28. The highest BCUT2D eigenvalue weighted by Gasteiger charge is 2.38. The van der Waals surface area contributed by atoms with Crippen molar-refractivity contribution in [3.63, 3.8) is 0 Å². The molecule has 4 rings (SSSR count). The van der Waals surface area contributed by atoms with Gasteiger partial charge >= 0.3 is 0 Å². The van der Waals surface area contributed by atoms with Crippen LogP contribution in [-0.4, -0.2) is 23.5 Å². The second-order valence-electron chi connectivity index (χ2n) is 7.45. The molecule has 30 heavy (non-hydrogen) atoms. The number of para-hydroxylation sites is 1. The molecule has 6 nitrogen and oxygen atoms in total. The number of aromatic nitrogens is 1. The number of rotatable bonds is 5. The normalized spacial score (nSPS) is 16.2. The second kappa shape index (κ2) is 8.32. The van der Waals surface area contributed by atoms with Gasteiger partial charge in [-0.3, -0.25) is 9.59 Å². The Hall–Kier alpha value is -3.12. The predicted octanol–water partition coefficient (Wildman–Crippen LogP) is 4.53. The van der Waals surface area contributed by atoms with Crippen LogP contribution >= 0.6 is 11.6 Å². The van der Waals surface area contributed by atoms with Crippen molar-refractivity contribution in [1.82, 2.24) is 5.16 Å². The molecule has 1 saturated heterocycles. The van der Waals surface area contributed by atoms with Crippen LogP contribution in [0.5, 0.6) is 0 Å². The molecule has 0 saturated carbocycles. The highest BCUT2D eigenvalue weighted by molar-refractivity contribution is 6.31. The number of hydrogen-bond donors (Lipinski definition) is 0. The summed E-state index contributed by atoms with van der Waals surface area (Å²) >= 11 is 6.08. The molecule has 2 aromatic carbocycles. The third-order valence-electron chi connectivity index (χ3n) is 5.43. The summed E-state index contributed by atoms with van der Waals surface area (Å²) in [7, 11) is 0. The first-order valence-corrected chi connectivity index (χ1v) is 10.2. The molecule has 3 aromatic rings. The van der Waals surface area contributed by atoms with E-state index in [-0.39, 0.29) is 18.2 Å². The van der Waals surface area contributed by atoms with Gasteiger partial charge in [0, 0.05) is 34.9 Å². The Morgan fingerprint density at radius 1 is 1.20 bits per heavy atom. The van der Waals surface area contributed by atoms with Crippen molar-refractivity contribution >= 4 is 34.8 Å². The van der Waals surface area contributed by atoms with Crippen LogP contribution in [0.4, 0.5) is 11.4 Å². The maximum Gasteiger partial charge on any atom is 0.232 e. The molecule has 2 amide bonds. The molecule has 2 heterocycles. The molecule has 7 heteroatoms. The minimum Gasteiger partial charge on any atom is -0.361 e. The van der Waals surface area contributed by atoms with E-state index in [4.69, 9.17) is 16.1 Å². The van der Waals surface area contributed by atoms with E-state index in [1.807, 2.05) is 50.2 Å². The van der Waals surface area contributed by atoms with Crippen molar-refractivity contribution in [2.75, 3.05) is 16.3 Å². The lowest BCUT2D eigenvalue weighted by molar-refractivity contribution is -0.124. The first-order valence-electron chi connectivity index (χ1n) is 9.78. The van der Waals surface area contributed by atoms with Crippen molar-refractivity contribution < 1.29 is 14.1 Å². The Balaban J connectivity index is 1.61. The number of benzene rings is 2. The number of hydrogen-bond acceptors (Lipinski definition) is 4. The van der Waals surface area contributed by atoms with Crippen molar-refractivity contribution in [3.8, 4) is 0 Å². The molecular formula is C23H22ClN3O3. The van der Waals surface area contributed by atoms with E-state index in [0.717, 1.165) is 16.9 Å². The van der Waals surface area contributed by atoms with E-state index in [0.29, 0.717) is 29.6 Å². The van der Waals surface area contributed by atoms with Gasteiger partial charge in [-0.05, 0) is 44.2 Å². The summed E-state index contributed by atoms with van der Waals surface area (Å²) in [4.78, 5) is 29.6. The van der Waals surface area contributed by atoms with Crippen molar-refractivity contribution in [2.24, 2.45) is 5.92 Å². The van der Waals surface area contributed by atoms with Crippen LogP contribution in [0.25, 0.3) is 0 Å². The van der Waals surface area contributed by atoms with Gasteiger partial charge < -0.3 is 14.3 Å². The van der Waals surface area contributed by atoms with Crippen LogP contribution in [0.3, 0.4) is 0 Å². The van der Waals surface area contributed by atoms with E-state index < -0.39 is 5.92 Å². The molecular weight excluding hydrogens is 402 g/mol. The molecule has 0 radical (unpaired) electrons. The summed E-state index contributed by atoms with van der Waals surface area (Å²) in [5, 5.41) is 4.56. The highest BCUT2D eigenvalue weighted by Crippen LogP contribution is 2.30. The lowest BCUT2D eigenvalue weighted by atomic mass is 10.1. The standard InChI is InChI=1S/C23H22ClN3O3/c1-15-21(16(2)30-25-15)14-27(19-8-4-3-5-9-19)23(29)17-11-22(28)26(13-17)20-10-6-7-18(24)12-20/h3-10,12,17H,11,13-14H2,1-2H3. The molecule has 0 N–H and O–H groups in total. The molecule has 1 aliphatic heterocycles. The summed E-state index contributed by atoms with van der Waals surface area (Å²) in [6.45, 7) is 4.36. The van der Waals surface area contributed by atoms with Gasteiger partial charge in [0.2, 0.25) is 11.8 Å². The Labute approximate surface area is 180 Å². The maximum atomic E-state index is 13.6. The monoisotopic (exact) mass is 423 g/mol. The number of aryl methyl sites for hydroxylation is 2. The van der Waals surface area contributed by atoms with Gasteiger partial charge in [-0.25, -0.2) is 0 Å². The molecule has 0 bridgehead atoms. The largest absolute Gasteiger partial charge is 0.361 e. The summed E-state index contributed by atoms with van der Waals surface area (Å²) in [5.41, 5.74) is 3.11. The number of carbonyl (C=O) groups excluding carboxylic acids is 2. The zero-order valence-electron chi connectivity index (χ0n) is 16.8. The van der Waals surface area contributed by atoms with E-state index >= 15 is 0 Å². The smallest absolute Gasteiger partial charge is 0.232 e. The minimum absolute atomic E-state index is 0.0824. The molecule has 1 unspecified atom stereocenters. The zero-order chi connectivity index (χ0) is 21.3. The highest BCUT2D eigenvalue weighted by atomic mass is 35.5. The van der Waals surface area contributed by atoms with E-state index in [1.54, 1.807) is 28.0 Å². The lowest BCUT2D eigenvalue weighted by Crippen LogP contribution is -2.37. The summed E-state index contributed by atoms with van der Waals surface area (Å²) in [6, 6.07) is 16.6. The van der Waals surface area contributed by atoms with Gasteiger partial charge in [0.1, 0.15) is 5.76 Å². The Morgan fingerprint density at radius 3 is 2.63 bits per heavy atom. The van der Waals surface area contributed by atoms with E-state index in [2.05, 4.69) is 5.16 Å². The van der Waals surface area contributed by atoms with Crippen LogP contribution in [-0.2, 0) is 16.1 Å². The summed E-state index contributed by atoms with van der Waals surface area (Å²) in [5.74, 6) is 0.0569. The van der Waals surface area contributed by atoms with E-state index in [9.17, 15) is 9.59 Å². The van der Waals surface area contributed by atoms with Gasteiger partial charge in [-0.15, -0.1) is 0 Å². The predicted molar refractivity (Wildman–Crippen MR) is 116 cm³/mol. The topological polar surface area (TPSA) is 66.7 Å². The fourth-order valence-electron chi connectivity index (χ4n) is 3.78. The number of carbonyl (C=O) groups is 2. The first-order chi connectivity index (χ1) is 14.4. The van der Waals surface area contributed by atoms with Crippen LogP contribution < -0.4 is 9.80 Å². The number of anilines is 2. The van der Waals surface area contributed by atoms with Crippen molar-refractivity contribution in [2.45, 2.75) is 26.8 Å². The average molecular weight is 424 g/mol. The summed E-state index contributed by atoms with van der Waals surface area (Å²) in [6.07, 6.45) is 0.163. The fourth-order valence-corrected chi connectivity index (χ4v) is 3.96. The van der Waals surface area contributed by atoms with Gasteiger partial charge in [-0.2, -0.15) is 0 Å². The molecule has 1 fully saturated rings. The number of halogens is 1. The van der Waals surface area contributed by atoms with E-state index in [1.165, 1.54) is 0 Å². The van der Waals surface area contributed by atoms with Crippen LogP contribution in [0, 0.1) is 19.8 Å². The molecule has 154 valence electrons.